The quantitative estimate of drug-likeness (QED) is 0.420. The van der Waals surface area contributed by atoms with Crippen molar-refractivity contribution in [1.82, 2.24) is 14.8 Å². The van der Waals surface area contributed by atoms with Crippen LogP contribution >= 0.6 is 24.0 Å². The minimum Gasteiger partial charge on any atom is -0.370 e. The Labute approximate surface area is 154 Å². The zero-order chi connectivity index (χ0) is 15.9. The lowest BCUT2D eigenvalue weighted by Gasteiger charge is -2.10. The molecule has 3 N–H and O–H groups in total. The van der Waals surface area contributed by atoms with Gasteiger partial charge in [0.25, 0.3) is 0 Å². The van der Waals surface area contributed by atoms with Crippen molar-refractivity contribution in [2.75, 3.05) is 5.32 Å². The molecule has 1 heterocycles. The number of nitrogens with zero attached hydrogens (tertiary/aromatic N) is 4. The lowest BCUT2D eigenvalue weighted by atomic mass is 9.99. The van der Waals surface area contributed by atoms with Crippen molar-refractivity contribution in [2.24, 2.45) is 10.7 Å². The van der Waals surface area contributed by atoms with E-state index in [1.54, 1.807) is 6.33 Å². The van der Waals surface area contributed by atoms with E-state index >= 15 is 0 Å². The van der Waals surface area contributed by atoms with E-state index in [9.17, 15) is 0 Å². The predicted octanol–water partition coefficient (Wildman–Crippen LogP) is 3.36. The van der Waals surface area contributed by atoms with E-state index in [0.717, 1.165) is 24.5 Å². The maximum absolute atomic E-state index is 5.92. The number of rotatable bonds is 6. The van der Waals surface area contributed by atoms with Gasteiger partial charge in [0.2, 0.25) is 0 Å². The molecule has 0 fully saturated rings. The number of nitrogens with two attached hydrogens (primary N) is 1. The molecule has 0 spiro atoms. The predicted molar refractivity (Wildman–Crippen MR) is 105 cm³/mol. The maximum Gasteiger partial charge on any atom is 0.193 e. The van der Waals surface area contributed by atoms with Gasteiger partial charge in [-0.25, -0.2) is 4.99 Å². The molecular weight excluding hydrogens is 403 g/mol. The molecule has 0 saturated carbocycles. The van der Waals surface area contributed by atoms with Gasteiger partial charge >= 0.3 is 0 Å². The molecule has 0 saturated heterocycles. The zero-order valence-corrected chi connectivity index (χ0v) is 16.2. The van der Waals surface area contributed by atoms with Crippen LogP contribution in [-0.2, 0) is 13.1 Å². The first-order chi connectivity index (χ1) is 10.6. The standard InChI is InChI=1S/C16H24N6.HI/c1-4-12(3)13-6-8-14(9-7-13)20-16(17)18-10-15-21-19-11-22(15)5-2;/h6-9,11-12H,4-5,10H2,1-3H3,(H3,17,18,20);1H. The normalized spacial score (nSPS) is 12.6. The molecule has 0 aliphatic carbocycles. The number of aryl methyl sites for hydroxylation is 1. The van der Waals surface area contributed by atoms with Crippen LogP contribution in [-0.4, -0.2) is 20.7 Å². The molecule has 0 amide bonds. The Bertz CT molecular complexity index is 620. The van der Waals surface area contributed by atoms with Crippen LogP contribution in [0.1, 0.15) is 44.5 Å². The summed E-state index contributed by atoms with van der Waals surface area (Å²) in [5.74, 6) is 1.75. The molecule has 23 heavy (non-hydrogen) atoms. The molecule has 1 aromatic carbocycles. The van der Waals surface area contributed by atoms with Crippen LogP contribution < -0.4 is 11.1 Å². The number of hydrogen-bond acceptors (Lipinski definition) is 3. The van der Waals surface area contributed by atoms with Gasteiger partial charge in [0.05, 0.1) is 0 Å². The van der Waals surface area contributed by atoms with E-state index in [2.05, 4.69) is 46.5 Å². The maximum atomic E-state index is 5.92. The fourth-order valence-corrected chi connectivity index (χ4v) is 2.14. The van der Waals surface area contributed by atoms with Crippen molar-refractivity contribution >= 4 is 35.6 Å². The van der Waals surface area contributed by atoms with Gasteiger partial charge in [-0.05, 0) is 37.0 Å². The number of guanidine groups is 1. The van der Waals surface area contributed by atoms with Crippen LogP contribution in [0.25, 0.3) is 0 Å². The van der Waals surface area contributed by atoms with Crippen molar-refractivity contribution in [1.29, 1.82) is 0 Å². The second kappa shape index (κ2) is 9.49. The third-order valence-electron chi connectivity index (χ3n) is 3.79. The van der Waals surface area contributed by atoms with Gasteiger partial charge in [0.15, 0.2) is 11.8 Å². The molecule has 0 radical (unpaired) electrons. The summed E-state index contributed by atoms with van der Waals surface area (Å²) in [5.41, 5.74) is 8.19. The first-order valence-corrected chi connectivity index (χ1v) is 7.67. The van der Waals surface area contributed by atoms with E-state index in [0.29, 0.717) is 18.4 Å². The molecule has 6 nitrogen and oxygen atoms in total. The highest BCUT2D eigenvalue weighted by molar-refractivity contribution is 14.0. The Hall–Kier alpha value is -1.64. The molecule has 0 aliphatic rings. The molecule has 2 aromatic rings. The number of halogens is 1. The average molecular weight is 428 g/mol. The molecule has 1 unspecified atom stereocenters. The van der Waals surface area contributed by atoms with Crippen molar-refractivity contribution in [3.8, 4) is 0 Å². The van der Waals surface area contributed by atoms with E-state index in [4.69, 9.17) is 5.73 Å². The van der Waals surface area contributed by atoms with Gasteiger partial charge in [-0.1, -0.05) is 26.0 Å². The molecule has 1 atom stereocenters. The first kappa shape index (κ1) is 19.4. The second-order valence-electron chi connectivity index (χ2n) is 5.29. The Morgan fingerprint density at radius 3 is 2.61 bits per heavy atom. The highest BCUT2D eigenvalue weighted by Gasteiger charge is 2.04. The van der Waals surface area contributed by atoms with Crippen LogP contribution in [0.4, 0.5) is 5.69 Å². The summed E-state index contributed by atoms with van der Waals surface area (Å²) in [6.45, 7) is 7.69. The smallest absolute Gasteiger partial charge is 0.193 e. The van der Waals surface area contributed by atoms with E-state index in [-0.39, 0.29) is 24.0 Å². The Kier molecular flexibility index (Phi) is 8.01. The van der Waals surface area contributed by atoms with Gasteiger partial charge in [-0.2, -0.15) is 0 Å². The van der Waals surface area contributed by atoms with Crippen LogP contribution in [0.5, 0.6) is 0 Å². The van der Waals surface area contributed by atoms with Crippen molar-refractivity contribution < 1.29 is 0 Å². The summed E-state index contributed by atoms with van der Waals surface area (Å²) in [4.78, 5) is 4.30. The number of benzene rings is 1. The lowest BCUT2D eigenvalue weighted by Crippen LogP contribution is -2.22. The Balaban J connectivity index is 0.00000264. The summed E-state index contributed by atoms with van der Waals surface area (Å²) in [7, 11) is 0. The average Bonchev–Trinajstić information content (AvgIpc) is 3.00. The molecular formula is C16H25IN6. The zero-order valence-electron chi connectivity index (χ0n) is 13.9. The highest BCUT2D eigenvalue weighted by atomic mass is 127. The van der Waals surface area contributed by atoms with Crippen LogP contribution in [0, 0.1) is 0 Å². The Morgan fingerprint density at radius 2 is 2.00 bits per heavy atom. The number of hydrogen-bond donors (Lipinski definition) is 2. The number of anilines is 1. The third-order valence-corrected chi connectivity index (χ3v) is 3.79. The Morgan fingerprint density at radius 1 is 1.30 bits per heavy atom. The summed E-state index contributed by atoms with van der Waals surface area (Å²) in [6.07, 6.45) is 2.83. The van der Waals surface area contributed by atoms with Crippen LogP contribution in [0.15, 0.2) is 35.6 Å². The number of aromatic nitrogens is 3. The van der Waals surface area contributed by atoms with Gasteiger partial charge in [-0.15, -0.1) is 34.2 Å². The van der Waals surface area contributed by atoms with Crippen LogP contribution in [0.2, 0.25) is 0 Å². The largest absolute Gasteiger partial charge is 0.370 e. The first-order valence-electron chi connectivity index (χ1n) is 7.67. The molecule has 7 heteroatoms. The van der Waals surface area contributed by atoms with Crippen molar-refractivity contribution in [3.63, 3.8) is 0 Å². The molecule has 0 bridgehead atoms. The molecule has 2 rings (SSSR count). The summed E-state index contributed by atoms with van der Waals surface area (Å²) < 4.78 is 1.94. The topological polar surface area (TPSA) is 81.1 Å². The molecule has 1 aromatic heterocycles. The van der Waals surface area contributed by atoms with E-state index < -0.39 is 0 Å². The van der Waals surface area contributed by atoms with Gasteiger partial charge in [0, 0.05) is 12.2 Å². The highest BCUT2D eigenvalue weighted by Crippen LogP contribution is 2.20. The fraction of sp³-hybridized carbons (Fsp3) is 0.438. The van der Waals surface area contributed by atoms with Crippen molar-refractivity contribution in [3.05, 3.63) is 42.0 Å². The third kappa shape index (κ3) is 5.49. The minimum atomic E-state index is 0. The monoisotopic (exact) mass is 428 g/mol. The molecule has 126 valence electrons. The minimum absolute atomic E-state index is 0. The number of aliphatic imine (C=N–C) groups is 1. The summed E-state index contributed by atoms with van der Waals surface area (Å²) in [5, 5.41) is 11.0. The van der Waals surface area contributed by atoms with Gasteiger partial charge in [0.1, 0.15) is 12.9 Å². The second-order valence-corrected chi connectivity index (χ2v) is 5.29. The summed E-state index contributed by atoms with van der Waals surface area (Å²) in [6, 6.07) is 8.30. The van der Waals surface area contributed by atoms with Gasteiger partial charge < -0.3 is 15.6 Å². The lowest BCUT2D eigenvalue weighted by molar-refractivity contribution is 0.699. The van der Waals surface area contributed by atoms with Crippen molar-refractivity contribution in [2.45, 2.75) is 46.2 Å². The van der Waals surface area contributed by atoms with E-state index in [1.165, 1.54) is 5.56 Å². The fourth-order valence-electron chi connectivity index (χ4n) is 2.14. The van der Waals surface area contributed by atoms with Gasteiger partial charge in [-0.3, -0.25) is 0 Å². The van der Waals surface area contributed by atoms with E-state index in [1.807, 2.05) is 23.6 Å². The SMILES string of the molecule is CCC(C)c1ccc(NC(N)=NCc2nncn2CC)cc1.I. The summed E-state index contributed by atoms with van der Waals surface area (Å²) >= 11 is 0. The number of nitrogens with one attached hydrogen (secondary N) is 1. The van der Waals surface area contributed by atoms with Crippen LogP contribution in [0.3, 0.4) is 0 Å². The molecule has 0 aliphatic heterocycles.